The number of anilines is 2. The highest BCUT2D eigenvalue weighted by Crippen LogP contribution is 2.68. The van der Waals surface area contributed by atoms with Crippen molar-refractivity contribution in [3.8, 4) is 0 Å². The number of allylic oxidation sites excluding steroid dienone is 1. The largest absolute Gasteiger partial charge is 0.463 e. The van der Waals surface area contributed by atoms with E-state index in [0.717, 1.165) is 24.0 Å². The Morgan fingerprint density at radius 1 is 0.707 bits per heavy atom. The van der Waals surface area contributed by atoms with Gasteiger partial charge in [0, 0.05) is 16.9 Å². The molecule has 0 unspecified atom stereocenters. The van der Waals surface area contributed by atoms with Crippen molar-refractivity contribution in [1.29, 1.82) is 0 Å². The molecule has 3 aliphatic carbocycles. The number of ether oxygens (including phenoxy) is 1. The van der Waals surface area contributed by atoms with Crippen LogP contribution in [0.15, 0.2) is 59.7 Å². The van der Waals surface area contributed by atoms with Crippen LogP contribution in [0.25, 0.3) is 0 Å². The second-order valence-electron chi connectivity index (χ2n) is 11.7. The lowest BCUT2D eigenvalue weighted by Crippen LogP contribution is -2.61. The van der Waals surface area contributed by atoms with Crippen molar-refractivity contribution in [2.75, 3.05) is 16.4 Å². The van der Waals surface area contributed by atoms with Crippen LogP contribution in [-0.2, 0) is 41.6 Å². The molecule has 2 heterocycles. The van der Waals surface area contributed by atoms with Crippen LogP contribution < -0.4 is 9.80 Å². The summed E-state index contributed by atoms with van der Waals surface area (Å²) < 4.78 is 5.45. The van der Waals surface area contributed by atoms with Gasteiger partial charge in [0.05, 0.1) is 41.7 Å². The second kappa shape index (κ2) is 9.50. The standard InChI is InChI=1S/C33H34N2O6/c1-6-18-9-13-20(14-10-18)34-28(36)23-22-17(4)25(32(40)41-8-3)33(5,26(23)30(34)38)27-24(22)29(37)35(31(27)39)21-15-11-19(7-2)12-16-21/h9-16,22-24,26-27H,6-8H2,1-5H3/t22?,23-,24-,26+,27+,33?/m0/s1. The molecular weight excluding hydrogens is 520 g/mol. The molecule has 2 saturated heterocycles. The summed E-state index contributed by atoms with van der Waals surface area (Å²) in [6.07, 6.45) is 1.62. The number of aryl methyl sites for hydroxylation is 2. The van der Waals surface area contributed by atoms with Crippen molar-refractivity contribution in [1.82, 2.24) is 0 Å². The minimum Gasteiger partial charge on any atom is -0.463 e. The first-order valence-electron chi connectivity index (χ1n) is 14.4. The first kappa shape index (κ1) is 27.1. The maximum absolute atomic E-state index is 14.3. The zero-order valence-electron chi connectivity index (χ0n) is 24.0. The maximum Gasteiger partial charge on any atom is 0.334 e. The predicted molar refractivity (Wildman–Crippen MR) is 152 cm³/mol. The third-order valence-electron chi connectivity index (χ3n) is 9.89. The molecule has 0 spiro atoms. The maximum atomic E-state index is 14.3. The van der Waals surface area contributed by atoms with Gasteiger partial charge in [-0.25, -0.2) is 4.79 Å². The minimum absolute atomic E-state index is 0.115. The summed E-state index contributed by atoms with van der Waals surface area (Å²) >= 11 is 0. The van der Waals surface area contributed by atoms with Gasteiger partial charge in [-0.2, -0.15) is 0 Å². The van der Waals surface area contributed by atoms with Crippen LogP contribution in [0.1, 0.15) is 45.7 Å². The third kappa shape index (κ3) is 3.49. The average Bonchev–Trinajstić information content (AvgIpc) is 3.39. The summed E-state index contributed by atoms with van der Waals surface area (Å²) in [4.78, 5) is 72.7. The van der Waals surface area contributed by atoms with E-state index >= 15 is 0 Å². The van der Waals surface area contributed by atoms with Crippen LogP contribution in [0.2, 0.25) is 0 Å². The summed E-state index contributed by atoms with van der Waals surface area (Å²) in [5, 5.41) is 0. The number of carbonyl (C=O) groups excluding carboxylic acids is 5. The van der Waals surface area contributed by atoms with E-state index in [1.54, 1.807) is 45.0 Å². The molecular formula is C33H34N2O6. The molecule has 0 aromatic heterocycles. The lowest BCUT2D eigenvalue weighted by molar-refractivity contribution is -0.155. The average molecular weight is 555 g/mol. The fourth-order valence-corrected chi connectivity index (χ4v) is 8.08. The zero-order chi connectivity index (χ0) is 29.4. The van der Waals surface area contributed by atoms with Gasteiger partial charge in [0.1, 0.15) is 0 Å². The van der Waals surface area contributed by atoms with Crippen LogP contribution in [0.5, 0.6) is 0 Å². The van der Waals surface area contributed by atoms with Gasteiger partial charge >= 0.3 is 5.97 Å². The van der Waals surface area contributed by atoms with E-state index in [2.05, 4.69) is 0 Å². The highest BCUT2D eigenvalue weighted by Gasteiger charge is 2.77. The number of rotatable bonds is 6. The topological polar surface area (TPSA) is 101 Å². The smallest absolute Gasteiger partial charge is 0.334 e. The molecule has 7 rings (SSSR count). The molecule has 41 heavy (non-hydrogen) atoms. The predicted octanol–water partition coefficient (Wildman–Crippen LogP) is 4.25. The van der Waals surface area contributed by atoms with Gasteiger partial charge in [-0.3, -0.25) is 29.0 Å². The fraction of sp³-hybridized carbons (Fsp3) is 0.424. The quantitative estimate of drug-likeness (QED) is 0.391. The Kier molecular flexibility index (Phi) is 6.28. The molecule has 2 aromatic carbocycles. The van der Waals surface area contributed by atoms with E-state index < -0.39 is 64.6 Å². The Balaban J connectivity index is 1.51. The van der Waals surface area contributed by atoms with Crippen LogP contribution in [0.4, 0.5) is 11.4 Å². The molecule has 4 amide bonds. The number of benzene rings is 2. The van der Waals surface area contributed by atoms with Crippen molar-refractivity contribution in [3.63, 3.8) is 0 Å². The lowest BCUT2D eigenvalue weighted by Gasteiger charge is -2.55. The van der Waals surface area contributed by atoms with E-state index in [1.165, 1.54) is 9.80 Å². The van der Waals surface area contributed by atoms with Crippen molar-refractivity contribution in [3.05, 3.63) is 70.8 Å². The molecule has 5 aliphatic rings. The molecule has 2 bridgehead atoms. The van der Waals surface area contributed by atoms with Crippen molar-refractivity contribution >= 4 is 41.0 Å². The SMILES string of the molecule is CCOC(=O)C1=C(C)C2[C@@H]3C(=O)N(c4ccc(CC)cc4)C(=O)[C@@H]3C1(C)[C@H]1C(=O)N(c3ccc(CC)cc3)C(=O)[C@@H]21. The Morgan fingerprint density at radius 3 is 1.49 bits per heavy atom. The van der Waals surface area contributed by atoms with Gasteiger partial charge in [0.15, 0.2) is 0 Å². The third-order valence-corrected chi connectivity index (χ3v) is 9.89. The number of nitrogens with zero attached hydrogens (tertiary/aromatic N) is 2. The zero-order valence-corrected chi connectivity index (χ0v) is 24.0. The van der Waals surface area contributed by atoms with Crippen LogP contribution >= 0.6 is 0 Å². The molecule has 8 nitrogen and oxygen atoms in total. The van der Waals surface area contributed by atoms with Gasteiger partial charge in [0.25, 0.3) is 0 Å². The molecule has 4 atom stereocenters. The number of imide groups is 2. The minimum atomic E-state index is -1.41. The fourth-order valence-electron chi connectivity index (χ4n) is 8.08. The van der Waals surface area contributed by atoms with E-state index in [9.17, 15) is 24.0 Å². The summed E-state index contributed by atoms with van der Waals surface area (Å²) in [7, 11) is 0. The molecule has 0 N–H and O–H groups in total. The first-order valence-corrected chi connectivity index (χ1v) is 14.4. The highest BCUT2D eigenvalue weighted by atomic mass is 16.5. The number of carbonyl (C=O) groups is 5. The van der Waals surface area contributed by atoms with Crippen molar-refractivity contribution in [2.45, 2.75) is 47.5 Å². The molecule has 0 radical (unpaired) electrons. The Hall–Kier alpha value is -4.07. The first-order chi connectivity index (χ1) is 19.6. The van der Waals surface area contributed by atoms with Crippen LogP contribution in [-0.4, -0.2) is 36.2 Å². The molecule has 3 fully saturated rings. The lowest BCUT2D eigenvalue weighted by atomic mass is 9.43. The number of amides is 4. The number of hydrogen-bond acceptors (Lipinski definition) is 6. The highest BCUT2D eigenvalue weighted by molar-refractivity contribution is 6.27. The van der Waals surface area contributed by atoms with Gasteiger partial charge < -0.3 is 4.74 Å². The molecule has 8 heteroatoms. The summed E-state index contributed by atoms with van der Waals surface area (Å²) in [6, 6.07) is 14.5. The van der Waals surface area contributed by atoms with Gasteiger partial charge in [-0.05, 0) is 62.1 Å². The Morgan fingerprint density at radius 2 is 1.12 bits per heavy atom. The second-order valence-corrected chi connectivity index (χ2v) is 11.7. The molecule has 212 valence electrons. The normalized spacial score (nSPS) is 30.3. The van der Waals surface area contributed by atoms with Crippen molar-refractivity contribution in [2.24, 2.45) is 35.0 Å². The van der Waals surface area contributed by atoms with Gasteiger partial charge in [-0.1, -0.05) is 50.6 Å². The van der Waals surface area contributed by atoms with E-state index in [-0.39, 0.29) is 12.2 Å². The Labute approximate surface area is 239 Å². The van der Waals surface area contributed by atoms with Crippen molar-refractivity contribution < 1.29 is 28.7 Å². The molecule has 2 aliphatic heterocycles. The van der Waals surface area contributed by atoms with E-state index in [0.29, 0.717) is 16.9 Å². The van der Waals surface area contributed by atoms with Crippen LogP contribution in [0, 0.1) is 35.0 Å². The molecule has 2 aromatic rings. The van der Waals surface area contributed by atoms with Crippen LogP contribution in [0.3, 0.4) is 0 Å². The van der Waals surface area contributed by atoms with E-state index in [4.69, 9.17) is 4.74 Å². The monoisotopic (exact) mass is 554 g/mol. The summed E-state index contributed by atoms with van der Waals surface area (Å²) in [6.45, 7) is 9.30. The molecule has 1 saturated carbocycles. The van der Waals surface area contributed by atoms with Gasteiger partial charge in [-0.15, -0.1) is 0 Å². The Bertz CT molecular complexity index is 1430. The van der Waals surface area contributed by atoms with E-state index in [1.807, 2.05) is 38.1 Å². The van der Waals surface area contributed by atoms with Gasteiger partial charge in [0.2, 0.25) is 23.6 Å². The number of esters is 1. The number of hydrogen-bond donors (Lipinski definition) is 0. The summed E-state index contributed by atoms with van der Waals surface area (Å²) in [5.41, 5.74) is 2.43. The summed E-state index contributed by atoms with van der Waals surface area (Å²) in [5.74, 6) is -6.76.